The molecular weight excluding hydrogens is 282 g/mol. The summed E-state index contributed by atoms with van der Waals surface area (Å²) in [6, 6.07) is -0.793. The van der Waals surface area contributed by atoms with Gasteiger partial charge in [-0.05, 0) is 18.8 Å². The van der Waals surface area contributed by atoms with Crippen LogP contribution >= 0.6 is 11.8 Å². The van der Waals surface area contributed by atoms with Crippen molar-refractivity contribution in [3.63, 3.8) is 0 Å². The molecule has 0 spiro atoms. The summed E-state index contributed by atoms with van der Waals surface area (Å²) in [5.41, 5.74) is 2.54. The molecule has 1 saturated carbocycles. The fourth-order valence-electron chi connectivity index (χ4n) is 2.50. The van der Waals surface area contributed by atoms with Crippen LogP contribution in [0.25, 0.3) is 0 Å². The number of rotatable bonds is 3. The number of hydrazone groups is 1. The van der Waals surface area contributed by atoms with Gasteiger partial charge in [-0.3, -0.25) is 9.59 Å². The van der Waals surface area contributed by atoms with Gasteiger partial charge in [0.15, 0.2) is 0 Å². The smallest absolute Gasteiger partial charge is 0.327 e. The van der Waals surface area contributed by atoms with Crippen LogP contribution in [0.5, 0.6) is 0 Å². The molecule has 2 unspecified atom stereocenters. The fraction of sp³-hybridized carbons (Fsp3) is 0.667. The minimum absolute atomic E-state index is 0.0658. The van der Waals surface area contributed by atoms with Crippen LogP contribution in [0.2, 0.25) is 0 Å². The lowest BCUT2D eigenvalue weighted by Gasteiger charge is -2.28. The Hall–Kier alpha value is -1.57. The number of hydrogen-bond donors (Lipinski definition) is 2. The molecule has 3 aliphatic rings. The van der Waals surface area contributed by atoms with Crippen molar-refractivity contribution >= 4 is 35.3 Å². The van der Waals surface area contributed by atoms with Crippen LogP contribution < -0.4 is 5.43 Å². The highest BCUT2D eigenvalue weighted by Crippen LogP contribution is 2.45. The molecule has 108 valence electrons. The molecule has 2 atom stereocenters. The molecule has 7 nitrogen and oxygen atoms in total. The van der Waals surface area contributed by atoms with Gasteiger partial charge in [0.05, 0.1) is 5.37 Å². The molecule has 0 aromatic carbocycles. The Bertz CT molecular complexity index is 503. The van der Waals surface area contributed by atoms with Crippen molar-refractivity contribution in [2.45, 2.75) is 37.1 Å². The molecule has 1 aliphatic carbocycles. The molecule has 2 N–H and O–H groups in total. The van der Waals surface area contributed by atoms with E-state index in [0.717, 1.165) is 12.8 Å². The van der Waals surface area contributed by atoms with E-state index >= 15 is 0 Å². The Morgan fingerprint density at radius 1 is 1.35 bits per heavy atom. The van der Waals surface area contributed by atoms with Crippen molar-refractivity contribution in [3.05, 3.63) is 0 Å². The predicted molar refractivity (Wildman–Crippen MR) is 72.1 cm³/mol. The molecule has 20 heavy (non-hydrogen) atoms. The average Bonchev–Trinajstić information content (AvgIpc) is 3.17. The molecule has 8 heteroatoms. The standard InChI is InChI=1S/C12H15N3O4S/c16-9-4-3-7(13-14-9)10(17)15-8(12(18)19)5-20-11(15)6-1-2-6/h6,8,11H,1-5H2,(H,14,16)(H,18,19). The van der Waals surface area contributed by atoms with Crippen molar-refractivity contribution in [2.24, 2.45) is 11.0 Å². The second kappa shape index (κ2) is 5.08. The van der Waals surface area contributed by atoms with E-state index in [4.69, 9.17) is 0 Å². The lowest BCUT2D eigenvalue weighted by molar-refractivity contribution is -0.147. The molecule has 0 aromatic heterocycles. The first-order chi connectivity index (χ1) is 9.58. The van der Waals surface area contributed by atoms with E-state index in [1.54, 1.807) is 0 Å². The Balaban J connectivity index is 1.82. The van der Waals surface area contributed by atoms with E-state index in [2.05, 4.69) is 10.5 Å². The van der Waals surface area contributed by atoms with Crippen molar-refractivity contribution in [1.82, 2.24) is 10.3 Å². The summed E-state index contributed by atoms with van der Waals surface area (Å²) >= 11 is 1.53. The fourth-order valence-corrected chi connectivity index (χ4v) is 4.13. The highest BCUT2D eigenvalue weighted by molar-refractivity contribution is 8.00. The lowest BCUT2D eigenvalue weighted by Crippen LogP contribution is -2.50. The van der Waals surface area contributed by atoms with Gasteiger partial charge in [-0.15, -0.1) is 11.8 Å². The van der Waals surface area contributed by atoms with E-state index in [1.165, 1.54) is 16.7 Å². The minimum Gasteiger partial charge on any atom is -0.480 e. The molecular formula is C12H15N3O4S. The SMILES string of the molecule is O=C1CCC(C(=O)N2C(C(=O)O)CSC2C2CC2)=NN1. The molecule has 2 aliphatic heterocycles. The summed E-state index contributed by atoms with van der Waals surface area (Å²) in [6.45, 7) is 0. The van der Waals surface area contributed by atoms with Crippen LogP contribution in [-0.4, -0.2) is 50.7 Å². The largest absolute Gasteiger partial charge is 0.480 e. The summed E-state index contributed by atoms with van der Waals surface area (Å²) in [4.78, 5) is 36.4. The topological polar surface area (TPSA) is 99.1 Å². The van der Waals surface area contributed by atoms with E-state index in [1.807, 2.05) is 0 Å². The molecule has 0 radical (unpaired) electrons. The van der Waals surface area contributed by atoms with Crippen LogP contribution in [0, 0.1) is 5.92 Å². The second-order valence-electron chi connectivity index (χ2n) is 5.22. The highest BCUT2D eigenvalue weighted by Gasteiger charge is 2.49. The third kappa shape index (κ3) is 2.39. The molecule has 2 amide bonds. The Morgan fingerprint density at radius 2 is 2.10 bits per heavy atom. The first kappa shape index (κ1) is 13.4. The summed E-state index contributed by atoms with van der Waals surface area (Å²) in [5.74, 6) is -0.728. The predicted octanol–water partition coefficient (Wildman–Crippen LogP) is 0.0171. The van der Waals surface area contributed by atoms with Gasteiger partial charge in [-0.1, -0.05) is 0 Å². The second-order valence-corrected chi connectivity index (χ2v) is 6.37. The van der Waals surface area contributed by atoms with Gasteiger partial charge >= 0.3 is 5.97 Å². The average molecular weight is 297 g/mol. The van der Waals surface area contributed by atoms with Crippen LogP contribution in [0.15, 0.2) is 5.10 Å². The summed E-state index contributed by atoms with van der Waals surface area (Å²) < 4.78 is 0. The van der Waals surface area contributed by atoms with Gasteiger partial charge in [0.2, 0.25) is 5.91 Å². The number of aliphatic carboxylic acids is 1. The Morgan fingerprint density at radius 3 is 2.65 bits per heavy atom. The highest BCUT2D eigenvalue weighted by atomic mass is 32.2. The molecule has 0 aromatic rings. The number of carbonyl (C=O) groups excluding carboxylic acids is 2. The molecule has 2 fully saturated rings. The lowest BCUT2D eigenvalue weighted by atomic mass is 10.1. The van der Waals surface area contributed by atoms with Crippen LogP contribution in [0.4, 0.5) is 0 Å². The van der Waals surface area contributed by atoms with Gasteiger partial charge in [-0.2, -0.15) is 5.10 Å². The summed E-state index contributed by atoms with van der Waals surface area (Å²) in [7, 11) is 0. The van der Waals surface area contributed by atoms with Gasteiger partial charge in [-0.25, -0.2) is 10.2 Å². The van der Waals surface area contributed by atoms with Crippen molar-refractivity contribution in [3.8, 4) is 0 Å². The number of carbonyl (C=O) groups is 3. The Labute approximate surface area is 119 Å². The zero-order chi connectivity index (χ0) is 14.3. The minimum atomic E-state index is -0.977. The summed E-state index contributed by atoms with van der Waals surface area (Å²) in [5, 5.41) is 13.0. The van der Waals surface area contributed by atoms with Crippen molar-refractivity contribution < 1.29 is 19.5 Å². The maximum atomic E-state index is 12.5. The van der Waals surface area contributed by atoms with Gasteiger partial charge in [0.25, 0.3) is 5.91 Å². The van der Waals surface area contributed by atoms with E-state index < -0.39 is 12.0 Å². The maximum absolute atomic E-state index is 12.5. The van der Waals surface area contributed by atoms with E-state index in [9.17, 15) is 19.5 Å². The summed E-state index contributed by atoms with van der Waals surface area (Å²) in [6.07, 6.45) is 2.57. The number of hydrogen-bond acceptors (Lipinski definition) is 5. The van der Waals surface area contributed by atoms with Crippen LogP contribution in [-0.2, 0) is 14.4 Å². The van der Waals surface area contributed by atoms with Gasteiger partial charge in [0.1, 0.15) is 11.8 Å². The molecule has 2 heterocycles. The van der Waals surface area contributed by atoms with Crippen molar-refractivity contribution in [2.75, 3.05) is 5.75 Å². The molecule has 3 rings (SSSR count). The van der Waals surface area contributed by atoms with Gasteiger partial charge in [0, 0.05) is 18.6 Å². The zero-order valence-electron chi connectivity index (χ0n) is 10.7. The first-order valence-corrected chi connectivity index (χ1v) is 7.65. The molecule has 0 bridgehead atoms. The van der Waals surface area contributed by atoms with Crippen LogP contribution in [0.3, 0.4) is 0 Å². The number of amides is 2. The number of thioether (sulfide) groups is 1. The van der Waals surface area contributed by atoms with Crippen LogP contribution in [0.1, 0.15) is 25.7 Å². The Kier molecular flexibility index (Phi) is 3.41. The van der Waals surface area contributed by atoms with Gasteiger partial charge < -0.3 is 10.0 Å². The third-order valence-corrected chi connectivity index (χ3v) is 5.19. The third-order valence-electron chi connectivity index (χ3n) is 3.73. The quantitative estimate of drug-likeness (QED) is 0.765. The number of nitrogens with zero attached hydrogens (tertiary/aromatic N) is 2. The normalized spacial score (nSPS) is 29.9. The van der Waals surface area contributed by atoms with Crippen molar-refractivity contribution in [1.29, 1.82) is 0 Å². The van der Waals surface area contributed by atoms with E-state index in [0.29, 0.717) is 11.7 Å². The molecule has 1 saturated heterocycles. The number of carboxylic acids is 1. The monoisotopic (exact) mass is 297 g/mol. The number of nitrogens with one attached hydrogen (secondary N) is 1. The zero-order valence-corrected chi connectivity index (χ0v) is 11.6. The first-order valence-electron chi connectivity index (χ1n) is 6.60. The number of carboxylic acid groups (broad SMARTS) is 1. The van der Waals surface area contributed by atoms with E-state index in [-0.39, 0.29) is 35.7 Å². The maximum Gasteiger partial charge on any atom is 0.327 e.